The number of rotatable bonds is 1. The second-order valence-electron chi connectivity index (χ2n) is 7.04. The SMILES string of the molecule is Cl.Cl.Nc1ccc(C23CC4CC(CC(C4)C2)C3)cc1N. The lowest BCUT2D eigenvalue weighted by Gasteiger charge is -2.57. The maximum Gasteiger partial charge on any atom is 0.0550 e. The fourth-order valence-electron chi connectivity index (χ4n) is 5.37. The summed E-state index contributed by atoms with van der Waals surface area (Å²) >= 11 is 0. The van der Waals surface area contributed by atoms with Crippen molar-refractivity contribution in [1.29, 1.82) is 0 Å². The quantitative estimate of drug-likeness (QED) is 0.765. The van der Waals surface area contributed by atoms with Crippen LogP contribution in [0.4, 0.5) is 11.4 Å². The number of nitrogens with two attached hydrogens (primary N) is 2. The third kappa shape index (κ3) is 2.27. The van der Waals surface area contributed by atoms with E-state index in [0.717, 1.165) is 29.1 Å². The van der Waals surface area contributed by atoms with Crippen molar-refractivity contribution in [1.82, 2.24) is 0 Å². The van der Waals surface area contributed by atoms with Crippen molar-refractivity contribution in [2.24, 2.45) is 17.8 Å². The molecule has 4 aliphatic carbocycles. The predicted molar refractivity (Wildman–Crippen MR) is 89.6 cm³/mol. The molecule has 0 aromatic heterocycles. The fourth-order valence-corrected chi connectivity index (χ4v) is 5.37. The van der Waals surface area contributed by atoms with Crippen LogP contribution in [0.1, 0.15) is 44.1 Å². The molecule has 0 aliphatic heterocycles. The topological polar surface area (TPSA) is 52.0 Å². The van der Waals surface area contributed by atoms with Gasteiger partial charge in [-0.1, -0.05) is 6.07 Å². The lowest BCUT2D eigenvalue weighted by atomic mass is 9.48. The van der Waals surface area contributed by atoms with Crippen LogP contribution in [0.15, 0.2) is 18.2 Å². The van der Waals surface area contributed by atoms with E-state index in [9.17, 15) is 0 Å². The molecule has 0 spiro atoms. The predicted octanol–water partition coefficient (Wildman–Crippen LogP) is 4.16. The first-order valence-electron chi connectivity index (χ1n) is 7.30. The van der Waals surface area contributed by atoms with Crippen molar-refractivity contribution in [3.05, 3.63) is 23.8 Å². The largest absolute Gasteiger partial charge is 0.397 e. The summed E-state index contributed by atoms with van der Waals surface area (Å²) in [5, 5.41) is 0. The van der Waals surface area contributed by atoms with Crippen molar-refractivity contribution in [2.45, 2.75) is 43.9 Å². The molecule has 1 aromatic rings. The Labute approximate surface area is 133 Å². The molecule has 0 unspecified atom stereocenters. The van der Waals surface area contributed by atoms with Gasteiger partial charge in [0.15, 0.2) is 0 Å². The molecule has 4 fully saturated rings. The van der Waals surface area contributed by atoms with Gasteiger partial charge in [-0.3, -0.25) is 0 Å². The number of halogens is 2. The first-order chi connectivity index (χ1) is 8.64. The minimum atomic E-state index is 0. The molecular weight excluding hydrogens is 291 g/mol. The molecular formula is C16H24Cl2N2. The molecule has 0 atom stereocenters. The van der Waals surface area contributed by atoms with E-state index in [1.54, 1.807) is 0 Å². The summed E-state index contributed by atoms with van der Waals surface area (Å²) in [5.74, 6) is 2.94. The first kappa shape index (κ1) is 15.8. The van der Waals surface area contributed by atoms with Gasteiger partial charge in [0.25, 0.3) is 0 Å². The number of hydrogen-bond donors (Lipinski definition) is 2. The van der Waals surface area contributed by atoms with Crippen molar-refractivity contribution >= 4 is 36.2 Å². The van der Waals surface area contributed by atoms with E-state index in [0.29, 0.717) is 5.41 Å². The van der Waals surface area contributed by atoms with Crippen LogP contribution in [0.25, 0.3) is 0 Å². The summed E-state index contributed by atoms with van der Waals surface area (Å²) in [5.41, 5.74) is 15.3. The lowest BCUT2D eigenvalue weighted by molar-refractivity contribution is -0.00515. The highest BCUT2D eigenvalue weighted by Crippen LogP contribution is 2.60. The highest BCUT2D eigenvalue weighted by atomic mass is 35.5. The lowest BCUT2D eigenvalue weighted by Crippen LogP contribution is -2.48. The molecule has 0 radical (unpaired) electrons. The Bertz CT molecular complexity index is 466. The average Bonchev–Trinajstić information content (AvgIpc) is 2.31. The van der Waals surface area contributed by atoms with Gasteiger partial charge in [-0.2, -0.15) is 0 Å². The van der Waals surface area contributed by atoms with Crippen LogP contribution in [0.2, 0.25) is 0 Å². The van der Waals surface area contributed by atoms with E-state index >= 15 is 0 Å². The zero-order chi connectivity index (χ0) is 12.3. The summed E-state index contributed by atoms with van der Waals surface area (Å²) in [4.78, 5) is 0. The molecule has 4 bridgehead atoms. The highest BCUT2D eigenvalue weighted by Gasteiger charge is 2.51. The van der Waals surface area contributed by atoms with Crippen LogP contribution in [-0.2, 0) is 5.41 Å². The molecule has 5 rings (SSSR count). The van der Waals surface area contributed by atoms with E-state index in [4.69, 9.17) is 11.5 Å². The molecule has 4 aliphatic rings. The van der Waals surface area contributed by atoms with Crippen molar-refractivity contribution in [3.8, 4) is 0 Å². The number of hydrogen-bond acceptors (Lipinski definition) is 2. The van der Waals surface area contributed by atoms with Gasteiger partial charge in [0, 0.05) is 0 Å². The van der Waals surface area contributed by atoms with Gasteiger partial charge in [0.2, 0.25) is 0 Å². The molecule has 4 saturated carbocycles. The second kappa shape index (κ2) is 5.31. The smallest absolute Gasteiger partial charge is 0.0550 e. The summed E-state index contributed by atoms with van der Waals surface area (Å²) in [6.07, 6.45) is 8.64. The Kier molecular flexibility index (Phi) is 4.19. The summed E-state index contributed by atoms with van der Waals surface area (Å²) in [6.45, 7) is 0. The third-order valence-corrected chi connectivity index (χ3v) is 5.74. The van der Waals surface area contributed by atoms with Gasteiger partial charge < -0.3 is 11.5 Å². The molecule has 20 heavy (non-hydrogen) atoms. The van der Waals surface area contributed by atoms with Crippen LogP contribution in [0.3, 0.4) is 0 Å². The summed E-state index contributed by atoms with van der Waals surface area (Å²) < 4.78 is 0. The first-order valence-corrected chi connectivity index (χ1v) is 7.30. The van der Waals surface area contributed by atoms with Gasteiger partial charge >= 0.3 is 0 Å². The Morgan fingerprint density at radius 1 is 0.800 bits per heavy atom. The molecule has 0 heterocycles. The van der Waals surface area contributed by atoms with Crippen LogP contribution < -0.4 is 11.5 Å². The fraction of sp³-hybridized carbons (Fsp3) is 0.625. The normalized spacial score (nSPS) is 37.1. The highest BCUT2D eigenvalue weighted by molar-refractivity contribution is 5.85. The monoisotopic (exact) mass is 314 g/mol. The van der Waals surface area contributed by atoms with Crippen molar-refractivity contribution in [3.63, 3.8) is 0 Å². The van der Waals surface area contributed by atoms with E-state index in [-0.39, 0.29) is 24.8 Å². The maximum absolute atomic E-state index is 6.01. The summed E-state index contributed by atoms with van der Waals surface area (Å²) in [6, 6.07) is 6.39. The standard InChI is InChI=1S/C16H22N2.2ClH/c17-14-2-1-13(6-15(14)18)16-7-10-3-11(8-16)5-12(4-10)9-16;;/h1-2,6,10-12H,3-5,7-9,17-18H2;2*1H. The van der Waals surface area contributed by atoms with Crippen LogP contribution >= 0.6 is 24.8 Å². The van der Waals surface area contributed by atoms with Crippen LogP contribution in [0.5, 0.6) is 0 Å². The van der Waals surface area contributed by atoms with Gasteiger partial charge in [-0.15, -0.1) is 24.8 Å². The Morgan fingerprint density at radius 3 is 1.75 bits per heavy atom. The molecule has 1 aromatic carbocycles. The molecule has 4 heteroatoms. The van der Waals surface area contributed by atoms with E-state index in [1.807, 2.05) is 6.07 Å². The number of nitrogen functional groups attached to an aromatic ring is 2. The van der Waals surface area contributed by atoms with E-state index in [1.165, 1.54) is 44.1 Å². The zero-order valence-corrected chi connectivity index (χ0v) is 13.3. The van der Waals surface area contributed by atoms with Gasteiger partial charge in [0.1, 0.15) is 0 Å². The molecule has 0 amide bonds. The number of benzene rings is 1. The molecule has 0 saturated heterocycles. The van der Waals surface area contributed by atoms with Crippen LogP contribution in [-0.4, -0.2) is 0 Å². The maximum atomic E-state index is 6.01. The molecule has 112 valence electrons. The summed E-state index contributed by atoms with van der Waals surface area (Å²) in [7, 11) is 0. The van der Waals surface area contributed by atoms with Crippen LogP contribution in [0, 0.1) is 17.8 Å². The second-order valence-corrected chi connectivity index (χ2v) is 7.04. The van der Waals surface area contributed by atoms with Crippen molar-refractivity contribution < 1.29 is 0 Å². The van der Waals surface area contributed by atoms with Gasteiger partial charge in [0.05, 0.1) is 11.4 Å². The zero-order valence-electron chi connectivity index (χ0n) is 11.7. The Balaban J connectivity index is 0.000000735. The van der Waals surface area contributed by atoms with E-state index in [2.05, 4.69) is 12.1 Å². The Hall–Kier alpha value is -0.600. The number of anilines is 2. The third-order valence-electron chi connectivity index (χ3n) is 5.74. The average molecular weight is 315 g/mol. The van der Waals surface area contributed by atoms with Gasteiger partial charge in [-0.25, -0.2) is 0 Å². The van der Waals surface area contributed by atoms with Crippen molar-refractivity contribution in [2.75, 3.05) is 11.5 Å². The van der Waals surface area contributed by atoms with Gasteiger partial charge in [-0.05, 0) is 79.4 Å². The minimum absolute atomic E-state index is 0. The molecule has 4 N–H and O–H groups in total. The van der Waals surface area contributed by atoms with E-state index < -0.39 is 0 Å². The Morgan fingerprint density at radius 2 is 1.30 bits per heavy atom. The minimum Gasteiger partial charge on any atom is -0.397 e. The molecule has 2 nitrogen and oxygen atoms in total.